The zero-order valence-electron chi connectivity index (χ0n) is 10.4. The first-order valence-corrected chi connectivity index (χ1v) is 5.46. The molecule has 2 aromatic rings. The highest BCUT2D eigenvalue weighted by molar-refractivity contribution is 5.91. The van der Waals surface area contributed by atoms with E-state index in [9.17, 15) is 14.9 Å². The summed E-state index contributed by atoms with van der Waals surface area (Å²) in [6.45, 7) is 0.00852. The van der Waals surface area contributed by atoms with Gasteiger partial charge in [0.05, 0.1) is 4.92 Å². The van der Waals surface area contributed by atoms with Crippen molar-refractivity contribution in [1.82, 2.24) is 14.8 Å². The number of nitro groups is 1. The normalized spacial score (nSPS) is 10.2. The highest BCUT2D eigenvalue weighted by atomic mass is 16.6. The molecule has 0 saturated carbocycles. The summed E-state index contributed by atoms with van der Waals surface area (Å²) in [6.07, 6.45) is 1.34. The van der Waals surface area contributed by atoms with Crippen LogP contribution in [0.5, 0.6) is 5.75 Å². The van der Waals surface area contributed by atoms with Crippen LogP contribution >= 0.6 is 0 Å². The number of carbonyl (C=O) groups is 1. The Morgan fingerprint density at radius 1 is 1.55 bits per heavy atom. The second kappa shape index (κ2) is 5.34. The van der Waals surface area contributed by atoms with Gasteiger partial charge in [0.25, 0.3) is 5.69 Å². The van der Waals surface area contributed by atoms with E-state index in [2.05, 4.69) is 10.1 Å². The van der Waals surface area contributed by atoms with Gasteiger partial charge in [-0.1, -0.05) is 0 Å². The Labute approximate surface area is 112 Å². The number of aryl methyl sites for hydroxylation is 1. The van der Waals surface area contributed by atoms with E-state index in [1.165, 1.54) is 23.1 Å². The molecule has 104 valence electrons. The van der Waals surface area contributed by atoms with Crippen molar-refractivity contribution in [3.05, 3.63) is 46.0 Å². The summed E-state index contributed by atoms with van der Waals surface area (Å²) in [7, 11) is 1.67. The molecule has 0 aliphatic rings. The number of carboxylic acids is 1. The number of benzene rings is 1. The summed E-state index contributed by atoms with van der Waals surface area (Å²) in [5.74, 6) is -0.771. The van der Waals surface area contributed by atoms with Crippen LogP contribution in [-0.4, -0.2) is 30.8 Å². The third-order valence-electron chi connectivity index (χ3n) is 2.57. The summed E-state index contributed by atoms with van der Waals surface area (Å²) in [5.41, 5.74) is -0.588. The highest BCUT2D eigenvalue weighted by Crippen LogP contribution is 2.24. The van der Waals surface area contributed by atoms with Crippen LogP contribution < -0.4 is 4.74 Å². The average Bonchev–Trinajstić information content (AvgIpc) is 2.81. The molecule has 0 saturated heterocycles. The van der Waals surface area contributed by atoms with Crippen molar-refractivity contribution in [1.29, 1.82) is 0 Å². The third-order valence-corrected chi connectivity index (χ3v) is 2.57. The van der Waals surface area contributed by atoms with E-state index in [0.29, 0.717) is 5.82 Å². The zero-order valence-corrected chi connectivity index (χ0v) is 10.4. The molecule has 0 unspecified atom stereocenters. The predicted octanol–water partition coefficient (Wildman–Crippen LogP) is 1.00. The molecule has 0 amide bonds. The van der Waals surface area contributed by atoms with Crippen molar-refractivity contribution in [2.75, 3.05) is 0 Å². The number of aromatic carboxylic acids is 1. The summed E-state index contributed by atoms with van der Waals surface area (Å²) in [5, 5.41) is 23.5. The monoisotopic (exact) mass is 278 g/mol. The Morgan fingerprint density at radius 2 is 2.30 bits per heavy atom. The Balaban J connectivity index is 2.25. The molecule has 2 rings (SSSR count). The first-order valence-electron chi connectivity index (χ1n) is 5.46. The van der Waals surface area contributed by atoms with E-state index in [0.717, 1.165) is 6.07 Å². The van der Waals surface area contributed by atoms with Crippen molar-refractivity contribution in [2.24, 2.45) is 7.05 Å². The number of aromatic nitrogens is 3. The molecule has 9 heteroatoms. The average molecular weight is 278 g/mol. The van der Waals surface area contributed by atoms with Crippen molar-refractivity contribution in [2.45, 2.75) is 6.61 Å². The molecule has 0 fully saturated rings. The lowest BCUT2D eigenvalue weighted by atomic mass is 10.2. The summed E-state index contributed by atoms with van der Waals surface area (Å²) < 4.78 is 6.81. The Morgan fingerprint density at radius 3 is 2.85 bits per heavy atom. The van der Waals surface area contributed by atoms with E-state index in [4.69, 9.17) is 9.84 Å². The van der Waals surface area contributed by atoms with Gasteiger partial charge in [0.2, 0.25) is 0 Å². The van der Waals surface area contributed by atoms with Gasteiger partial charge in [-0.25, -0.2) is 9.78 Å². The lowest BCUT2D eigenvalue weighted by Gasteiger charge is -2.08. The van der Waals surface area contributed by atoms with Gasteiger partial charge in [-0.05, 0) is 6.07 Å². The Hall–Kier alpha value is -2.97. The van der Waals surface area contributed by atoms with Crippen LogP contribution in [0.4, 0.5) is 5.69 Å². The van der Waals surface area contributed by atoms with Crippen LogP contribution in [0.25, 0.3) is 0 Å². The molecular weight excluding hydrogens is 268 g/mol. The molecule has 0 radical (unpaired) electrons. The second-order valence-electron chi connectivity index (χ2n) is 3.83. The van der Waals surface area contributed by atoms with Gasteiger partial charge in [-0.3, -0.25) is 14.8 Å². The fraction of sp³-hybridized carbons (Fsp3) is 0.182. The molecule has 1 aromatic carbocycles. The topological polar surface area (TPSA) is 120 Å². The third kappa shape index (κ3) is 2.71. The minimum Gasteiger partial charge on any atom is -0.485 e. The number of rotatable bonds is 5. The number of nitrogens with zero attached hydrogens (tertiary/aromatic N) is 4. The second-order valence-corrected chi connectivity index (χ2v) is 3.83. The van der Waals surface area contributed by atoms with Gasteiger partial charge in [0.15, 0.2) is 5.82 Å². The highest BCUT2D eigenvalue weighted by Gasteiger charge is 2.17. The van der Waals surface area contributed by atoms with E-state index >= 15 is 0 Å². The maximum atomic E-state index is 11.1. The predicted molar refractivity (Wildman–Crippen MR) is 65.4 cm³/mol. The standard InChI is InChI=1S/C11H10N4O5/c1-14-10(12-6-13-14)5-20-9-3-2-7(15(18)19)4-8(9)11(16)17/h2-4,6H,5H2,1H3,(H,16,17). The first-order chi connectivity index (χ1) is 9.49. The van der Waals surface area contributed by atoms with Gasteiger partial charge >= 0.3 is 5.97 Å². The van der Waals surface area contributed by atoms with E-state index in [-0.39, 0.29) is 23.6 Å². The van der Waals surface area contributed by atoms with E-state index < -0.39 is 10.9 Å². The van der Waals surface area contributed by atoms with Gasteiger partial charge in [0, 0.05) is 19.2 Å². The van der Waals surface area contributed by atoms with Crippen LogP contribution in [0.2, 0.25) is 0 Å². The summed E-state index contributed by atoms with van der Waals surface area (Å²) in [4.78, 5) is 25.0. The molecule has 9 nitrogen and oxygen atoms in total. The van der Waals surface area contributed by atoms with E-state index in [1.807, 2.05) is 0 Å². The Bertz CT molecular complexity index is 667. The van der Waals surface area contributed by atoms with Crippen LogP contribution in [0, 0.1) is 10.1 Å². The lowest BCUT2D eigenvalue weighted by Crippen LogP contribution is -2.08. The van der Waals surface area contributed by atoms with Crippen LogP contribution in [0.1, 0.15) is 16.2 Å². The van der Waals surface area contributed by atoms with Crippen molar-refractivity contribution in [3.8, 4) is 5.75 Å². The molecule has 1 aromatic heterocycles. The van der Waals surface area contributed by atoms with Crippen LogP contribution in [0.3, 0.4) is 0 Å². The molecule has 0 spiro atoms. The SMILES string of the molecule is Cn1ncnc1COc1ccc([N+](=O)[O-])cc1C(=O)O. The fourth-order valence-electron chi connectivity index (χ4n) is 1.52. The molecule has 1 heterocycles. The van der Waals surface area contributed by atoms with Gasteiger partial charge < -0.3 is 9.84 Å². The fourth-order valence-corrected chi connectivity index (χ4v) is 1.52. The smallest absolute Gasteiger partial charge is 0.339 e. The van der Waals surface area contributed by atoms with Gasteiger partial charge in [-0.15, -0.1) is 0 Å². The van der Waals surface area contributed by atoms with Gasteiger partial charge in [-0.2, -0.15) is 5.10 Å². The van der Waals surface area contributed by atoms with Crippen molar-refractivity contribution < 1.29 is 19.6 Å². The Kier molecular flexibility index (Phi) is 3.60. The largest absolute Gasteiger partial charge is 0.485 e. The quantitative estimate of drug-likeness (QED) is 0.639. The van der Waals surface area contributed by atoms with Crippen LogP contribution in [0.15, 0.2) is 24.5 Å². The minimum atomic E-state index is -1.30. The minimum absolute atomic E-state index is 0.00852. The van der Waals surface area contributed by atoms with Crippen LogP contribution in [-0.2, 0) is 13.7 Å². The summed E-state index contributed by atoms with van der Waals surface area (Å²) >= 11 is 0. The molecular formula is C11H10N4O5. The number of hydrogen-bond acceptors (Lipinski definition) is 6. The lowest BCUT2D eigenvalue weighted by molar-refractivity contribution is -0.384. The number of ether oxygens (including phenoxy) is 1. The zero-order chi connectivity index (χ0) is 14.7. The molecule has 20 heavy (non-hydrogen) atoms. The number of nitro benzene ring substituents is 1. The first kappa shape index (κ1) is 13.5. The maximum Gasteiger partial charge on any atom is 0.339 e. The summed E-state index contributed by atoms with van der Waals surface area (Å²) in [6, 6.07) is 3.38. The molecule has 0 bridgehead atoms. The van der Waals surface area contributed by atoms with Crippen molar-refractivity contribution in [3.63, 3.8) is 0 Å². The van der Waals surface area contributed by atoms with Crippen molar-refractivity contribution >= 4 is 11.7 Å². The molecule has 0 aliphatic carbocycles. The number of carboxylic acid groups (broad SMARTS) is 1. The van der Waals surface area contributed by atoms with Gasteiger partial charge in [0.1, 0.15) is 24.2 Å². The maximum absolute atomic E-state index is 11.1. The number of hydrogen-bond donors (Lipinski definition) is 1. The number of non-ortho nitro benzene ring substituents is 1. The molecule has 0 aliphatic heterocycles. The molecule has 1 N–H and O–H groups in total. The molecule has 0 atom stereocenters. The van der Waals surface area contributed by atoms with E-state index in [1.54, 1.807) is 7.05 Å².